The molecule has 0 radical (unpaired) electrons. The Hall–Kier alpha value is -2.89. The summed E-state index contributed by atoms with van der Waals surface area (Å²) in [5.74, 6) is 4.06. The van der Waals surface area contributed by atoms with Crippen molar-refractivity contribution in [3.63, 3.8) is 0 Å². The van der Waals surface area contributed by atoms with Crippen LogP contribution in [0.15, 0.2) is 36.4 Å². The largest absolute Gasteiger partial charge is 0.486 e. The Bertz CT molecular complexity index is 908. The van der Waals surface area contributed by atoms with Crippen molar-refractivity contribution in [2.24, 2.45) is 5.92 Å². The maximum absolute atomic E-state index is 12.6. The number of carbonyl (C=O) groups excluding carboxylic acids is 1. The first-order chi connectivity index (χ1) is 14.3. The molecule has 3 aliphatic rings. The lowest BCUT2D eigenvalue weighted by atomic mass is 9.90. The molecule has 1 fully saturated rings. The number of hydrogen-bond donors (Lipinski definition) is 1. The molecule has 2 aromatic carbocycles. The Morgan fingerprint density at radius 3 is 2.52 bits per heavy atom. The predicted molar refractivity (Wildman–Crippen MR) is 107 cm³/mol. The molecule has 1 saturated carbocycles. The molecule has 0 saturated heterocycles. The molecular weight excluding hydrogens is 370 g/mol. The Balaban J connectivity index is 1.17. The van der Waals surface area contributed by atoms with E-state index < -0.39 is 0 Å². The van der Waals surface area contributed by atoms with Crippen molar-refractivity contribution in [2.45, 2.75) is 31.6 Å². The van der Waals surface area contributed by atoms with Crippen LogP contribution in [0.5, 0.6) is 23.0 Å². The van der Waals surface area contributed by atoms with Crippen LogP contribution in [0, 0.1) is 5.92 Å². The van der Waals surface area contributed by atoms with E-state index in [0.717, 1.165) is 35.0 Å². The third-order valence-electron chi connectivity index (χ3n) is 5.76. The van der Waals surface area contributed by atoms with Crippen molar-refractivity contribution in [3.05, 3.63) is 47.5 Å². The van der Waals surface area contributed by atoms with E-state index >= 15 is 0 Å². The molecule has 2 aliphatic heterocycles. The third kappa shape index (κ3) is 4.11. The van der Waals surface area contributed by atoms with Crippen LogP contribution in [0.1, 0.15) is 36.3 Å². The molecule has 1 amide bonds. The molecule has 0 aromatic heterocycles. The second-order valence-corrected chi connectivity index (χ2v) is 7.84. The van der Waals surface area contributed by atoms with Crippen molar-refractivity contribution in [2.75, 3.05) is 26.6 Å². The zero-order valence-electron chi connectivity index (χ0n) is 16.3. The van der Waals surface area contributed by atoms with Gasteiger partial charge in [0.05, 0.1) is 0 Å². The average Bonchev–Trinajstić information content (AvgIpc) is 3.48. The number of hydrogen-bond acceptors (Lipinski definition) is 5. The van der Waals surface area contributed by atoms with Crippen LogP contribution in [-0.4, -0.2) is 32.5 Å². The zero-order chi connectivity index (χ0) is 19.6. The molecule has 2 aromatic rings. The van der Waals surface area contributed by atoms with Gasteiger partial charge in [-0.3, -0.25) is 4.79 Å². The number of ether oxygens (including phenoxy) is 4. The first kappa shape index (κ1) is 18.2. The van der Waals surface area contributed by atoms with Gasteiger partial charge in [-0.05, 0) is 66.5 Å². The van der Waals surface area contributed by atoms with Gasteiger partial charge in [0.15, 0.2) is 23.0 Å². The van der Waals surface area contributed by atoms with Gasteiger partial charge in [0, 0.05) is 13.0 Å². The van der Waals surface area contributed by atoms with E-state index in [2.05, 4.69) is 17.4 Å². The molecule has 0 bridgehead atoms. The van der Waals surface area contributed by atoms with Crippen LogP contribution >= 0.6 is 0 Å². The van der Waals surface area contributed by atoms with Crippen molar-refractivity contribution in [1.82, 2.24) is 5.32 Å². The van der Waals surface area contributed by atoms with Crippen LogP contribution in [0.2, 0.25) is 0 Å². The summed E-state index contributed by atoms with van der Waals surface area (Å²) < 4.78 is 22.1. The number of amides is 1. The molecular formula is C23H25NO5. The summed E-state index contributed by atoms with van der Waals surface area (Å²) in [5, 5.41) is 3.08. The summed E-state index contributed by atoms with van der Waals surface area (Å²) in [4.78, 5) is 12.6. The summed E-state index contributed by atoms with van der Waals surface area (Å²) in [6, 6.07) is 12.0. The van der Waals surface area contributed by atoms with Crippen molar-refractivity contribution in [3.8, 4) is 23.0 Å². The number of benzene rings is 2. The monoisotopic (exact) mass is 395 g/mol. The fourth-order valence-electron chi connectivity index (χ4n) is 4.06. The first-order valence-electron chi connectivity index (χ1n) is 10.3. The summed E-state index contributed by atoms with van der Waals surface area (Å²) in [7, 11) is 0. The molecule has 1 N–H and O–H groups in total. The molecule has 0 spiro atoms. The highest BCUT2D eigenvalue weighted by atomic mass is 16.7. The fourth-order valence-corrected chi connectivity index (χ4v) is 4.06. The van der Waals surface area contributed by atoms with Crippen molar-refractivity contribution < 1.29 is 23.7 Å². The van der Waals surface area contributed by atoms with Crippen molar-refractivity contribution >= 4 is 5.91 Å². The summed E-state index contributed by atoms with van der Waals surface area (Å²) in [6.45, 7) is 2.05. The molecule has 1 aliphatic carbocycles. The maximum atomic E-state index is 12.6. The lowest BCUT2D eigenvalue weighted by Gasteiger charge is -2.22. The minimum atomic E-state index is 0.0949. The van der Waals surface area contributed by atoms with E-state index in [4.69, 9.17) is 18.9 Å². The van der Waals surface area contributed by atoms with E-state index in [9.17, 15) is 4.79 Å². The Kier molecular flexibility index (Phi) is 4.92. The molecule has 2 heterocycles. The van der Waals surface area contributed by atoms with Gasteiger partial charge in [-0.25, -0.2) is 0 Å². The SMILES string of the molecule is O=C(CC(c1ccc2c(c1)OCCO2)C1CC1)NCCc1ccc2c(c1)OCO2. The maximum Gasteiger partial charge on any atom is 0.231 e. The second-order valence-electron chi connectivity index (χ2n) is 7.84. The summed E-state index contributed by atoms with van der Waals surface area (Å²) in [6.07, 6.45) is 3.64. The van der Waals surface area contributed by atoms with E-state index in [-0.39, 0.29) is 18.6 Å². The van der Waals surface area contributed by atoms with Gasteiger partial charge in [-0.15, -0.1) is 0 Å². The summed E-state index contributed by atoms with van der Waals surface area (Å²) in [5.41, 5.74) is 2.29. The van der Waals surface area contributed by atoms with Gasteiger partial charge in [0.2, 0.25) is 12.7 Å². The van der Waals surface area contributed by atoms with Gasteiger partial charge in [0.1, 0.15) is 13.2 Å². The topological polar surface area (TPSA) is 66.0 Å². The first-order valence-corrected chi connectivity index (χ1v) is 10.3. The Morgan fingerprint density at radius 2 is 1.66 bits per heavy atom. The van der Waals surface area contributed by atoms with E-state index in [1.807, 2.05) is 24.3 Å². The number of fused-ring (bicyclic) bond motifs is 2. The lowest BCUT2D eigenvalue weighted by molar-refractivity contribution is -0.121. The molecule has 152 valence electrons. The smallest absolute Gasteiger partial charge is 0.231 e. The van der Waals surface area contributed by atoms with Crippen molar-refractivity contribution in [1.29, 1.82) is 0 Å². The highest BCUT2D eigenvalue weighted by Crippen LogP contribution is 2.46. The zero-order valence-corrected chi connectivity index (χ0v) is 16.3. The van der Waals surface area contributed by atoms with Gasteiger partial charge in [0.25, 0.3) is 0 Å². The quantitative estimate of drug-likeness (QED) is 0.778. The van der Waals surface area contributed by atoms with E-state index in [1.165, 1.54) is 18.4 Å². The van der Waals surface area contributed by atoms with Crippen LogP contribution in [0.4, 0.5) is 0 Å². The molecule has 5 rings (SSSR count). The minimum Gasteiger partial charge on any atom is -0.486 e. The van der Waals surface area contributed by atoms with Crippen LogP contribution in [-0.2, 0) is 11.2 Å². The molecule has 29 heavy (non-hydrogen) atoms. The number of carbonyl (C=O) groups is 1. The highest BCUT2D eigenvalue weighted by Gasteiger charge is 2.34. The number of nitrogens with one attached hydrogen (secondary N) is 1. The van der Waals surface area contributed by atoms with Gasteiger partial charge in [-0.1, -0.05) is 12.1 Å². The molecule has 6 heteroatoms. The standard InChI is InChI=1S/C23H25NO5/c25-23(24-8-7-15-1-5-20-21(11-15)29-14-28-20)13-18(16-2-3-16)17-4-6-19-22(12-17)27-10-9-26-19/h1,4-6,11-12,16,18H,2-3,7-10,13-14H2,(H,24,25). The van der Waals surface area contributed by atoms with Gasteiger partial charge in [-0.2, -0.15) is 0 Å². The molecule has 1 atom stereocenters. The molecule has 1 unspecified atom stereocenters. The molecule has 6 nitrogen and oxygen atoms in total. The predicted octanol–water partition coefficient (Wildman–Crippen LogP) is 3.43. The normalized spacial score (nSPS) is 17.7. The van der Waals surface area contributed by atoms with Crippen LogP contribution in [0.3, 0.4) is 0 Å². The minimum absolute atomic E-state index is 0.0949. The van der Waals surface area contributed by atoms with E-state index in [0.29, 0.717) is 32.1 Å². The average molecular weight is 395 g/mol. The van der Waals surface area contributed by atoms with Gasteiger partial charge >= 0.3 is 0 Å². The summed E-state index contributed by atoms with van der Waals surface area (Å²) >= 11 is 0. The lowest BCUT2D eigenvalue weighted by Crippen LogP contribution is -2.27. The van der Waals surface area contributed by atoms with E-state index in [1.54, 1.807) is 0 Å². The fraction of sp³-hybridized carbons (Fsp3) is 0.435. The third-order valence-corrected chi connectivity index (χ3v) is 5.76. The second kappa shape index (κ2) is 7.85. The Labute approximate surface area is 170 Å². The van der Waals surface area contributed by atoms with Gasteiger partial charge < -0.3 is 24.3 Å². The van der Waals surface area contributed by atoms with Crippen LogP contribution < -0.4 is 24.3 Å². The highest BCUT2D eigenvalue weighted by molar-refractivity contribution is 5.77. The Morgan fingerprint density at radius 1 is 0.931 bits per heavy atom. The number of rotatable bonds is 7. The van der Waals surface area contributed by atoms with Crippen LogP contribution in [0.25, 0.3) is 0 Å².